The maximum Gasteiger partial charge on any atom is 0.416 e. The number of benzene rings is 3. The number of amides is 2. The molecular formula is C25H20F3N3O4. The van der Waals surface area contributed by atoms with Gasteiger partial charge in [0.2, 0.25) is 0 Å². The van der Waals surface area contributed by atoms with E-state index in [4.69, 9.17) is 4.74 Å². The Hall–Kier alpha value is -4.47. The van der Waals surface area contributed by atoms with Crippen molar-refractivity contribution in [1.82, 2.24) is 5.32 Å². The molecule has 0 aliphatic heterocycles. The third-order valence-corrected chi connectivity index (χ3v) is 4.56. The fourth-order valence-electron chi connectivity index (χ4n) is 2.85. The van der Waals surface area contributed by atoms with Crippen LogP contribution in [-0.2, 0) is 20.5 Å². The molecule has 0 heterocycles. The molecule has 0 bridgehead atoms. The monoisotopic (exact) mass is 483 g/mol. The highest BCUT2D eigenvalue weighted by Crippen LogP contribution is 2.31. The quantitative estimate of drug-likeness (QED) is 0.298. The molecule has 0 spiro atoms. The average molecular weight is 483 g/mol. The maximum absolute atomic E-state index is 13.2. The standard InChI is InChI=1S/C25H20F3N3O4/c26-25(27,28)20-12-7-13-21(14-20)31(30-15-18-8-3-1-4-9-18)22(32)17-35-23(33)16-29-24(34)19-10-5-2-6-11-19/h1-15H,16-17H2,(H,29,34)/b30-15+. The van der Waals surface area contributed by atoms with Gasteiger partial charge in [0.15, 0.2) is 6.61 Å². The summed E-state index contributed by atoms with van der Waals surface area (Å²) < 4.78 is 44.4. The largest absolute Gasteiger partial charge is 0.454 e. The Morgan fingerprint density at radius 3 is 2.23 bits per heavy atom. The van der Waals surface area contributed by atoms with Crippen molar-refractivity contribution in [1.29, 1.82) is 0 Å². The van der Waals surface area contributed by atoms with Crippen LogP contribution in [0.25, 0.3) is 0 Å². The van der Waals surface area contributed by atoms with Crippen LogP contribution in [0.2, 0.25) is 0 Å². The van der Waals surface area contributed by atoms with E-state index in [1.54, 1.807) is 60.7 Å². The van der Waals surface area contributed by atoms with Crippen molar-refractivity contribution < 1.29 is 32.3 Å². The minimum Gasteiger partial charge on any atom is -0.454 e. The second kappa shape index (κ2) is 11.6. The smallest absolute Gasteiger partial charge is 0.416 e. The molecule has 3 aromatic rings. The third-order valence-electron chi connectivity index (χ3n) is 4.56. The van der Waals surface area contributed by atoms with Gasteiger partial charge in [-0.15, -0.1) is 0 Å². The first kappa shape index (κ1) is 25.2. The number of rotatable bonds is 8. The number of nitrogens with one attached hydrogen (secondary N) is 1. The summed E-state index contributed by atoms with van der Waals surface area (Å²) in [6, 6.07) is 20.8. The topological polar surface area (TPSA) is 88.1 Å². The van der Waals surface area contributed by atoms with Gasteiger partial charge in [0.05, 0.1) is 17.5 Å². The molecule has 0 aliphatic rings. The summed E-state index contributed by atoms with van der Waals surface area (Å²) in [6.45, 7) is -1.31. The summed E-state index contributed by atoms with van der Waals surface area (Å²) in [4.78, 5) is 36.8. The van der Waals surface area contributed by atoms with Gasteiger partial charge >= 0.3 is 12.1 Å². The van der Waals surface area contributed by atoms with Gasteiger partial charge in [-0.1, -0.05) is 54.6 Å². The highest BCUT2D eigenvalue weighted by molar-refractivity contribution is 5.98. The van der Waals surface area contributed by atoms with E-state index in [9.17, 15) is 27.6 Å². The number of ether oxygens (including phenoxy) is 1. The second-order valence-corrected chi connectivity index (χ2v) is 7.12. The van der Waals surface area contributed by atoms with Gasteiger partial charge < -0.3 is 10.1 Å². The molecule has 0 atom stereocenters. The lowest BCUT2D eigenvalue weighted by molar-refractivity contribution is -0.146. The predicted octanol–water partition coefficient (Wildman–Crippen LogP) is 4.05. The number of carbonyl (C=O) groups excluding carboxylic acids is 3. The Balaban J connectivity index is 1.69. The van der Waals surface area contributed by atoms with Crippen molar-refractivity contribution in [3.8, 4) is 0 Å². The number of anilines is 1. The van der Waals surface area contributed by atoms with E-state index >= 15 is 0 Å². The van der Waals surface area contributed by atoms with Gasteiger partial charge in [-0.25, -0.2) is 0 Å². The molecule has 0 saturated carbocycles. The molecule has 0 saturated heterocycles. The number of hydrazone groups is 1. The molecule has 0 unspecified atom stereocenters. The normalized spacial score (nSPS) is 11.2. The minimum absolute atomic E-state index is 0.162. The third kappa shape index (κ3) is 7.53. The molecular weight excluding hydrogens is 463 g/mol. The van der Waals surface area contributed by atoms with Gasteiger partial charge in [0.25, 0.3) is 11.8 Å². The van der Waals surface area contributed by atoms with Gasteiger partial charge in [-0.05, 0) is 35.9 Å². The van der Waals surface area contributed by atoms with E-state index in [2.05, 4.69) is 10.4 Å². The van der Waals surface area contributed by atoms with Crippen LogP contribution in [0.15, 0.2) is 90.0 Å². The number of carbonyl (C=O) groups is 3. The lowest BCUT2D eigenvalue weighted by Gasteiger charge is -2.18. The number of hydrogen-bond acceptors (Lipinski definition) is 5. The van der Waals surface area contributed by atoms with Crippen LogP contribution >= 0.6 is 0 Å². The van der Waals surface area contributed by atoms with Crippen LogP contribution in [0.1, 0.15) is 21.5 Å². The molecule has 7 nitrogen and oxygen atoms in total. The molecule has 0 aromatic heterocycles. The number of hydrogen-bond donors (Lipinski definition) is 1. The van der Waals surface area contributed by atoms with Gasteiger partial charge in [-0.3, -0.25) is 14.4 Å². The number of alkyl halides is 3. The van der Waals surface area contributed by atoms with Crippen molar-refractivity contribution in [2.24, 2.45) is 5.10 Å². The Morgan fingerprint density at radius 2 is 1.57 bits per heavy atom. The summed E-state index contributed by atoms with van der Waals surface area (Å²) in [5.41, 5.74) is -0.200. The predicted molar refractivity (Wildman–Crippen MR) is 123 cm³/mol. The zero-order chi connectivity index (χ0) is 25.3. The first-order valence-electron chi connectivity index (χ1n) is 10.3. The Bertz CT molecular complexity index is 1200. The molecule has 35 heavy (non-hydrogen) atoms. The molecule has 3 aromatic carbocycles. The number of esters is 1. The molecule has 10 heteroatoms. The van der Waals surface area contributed by atoms with Crippen molar-refractivity contribution in [2.75, 3.05) is 18.2 Å². The Kier molecular flexibility index (Phi) is 8.33. The molecule has 1 N–H and O–H groups in total. The van der Waals surface area contributed by atoms with E-state index in [-0.39, 0.29) is 5.69 Å². The van der Waals surface area contributed by atoms with E-state index in [0.29, 0.717) is 11.1 Å². The van der Waals surface area contributed by atoms with Crippen molar-refractivity contribution in [3.63, 3.8) is 0 Å². The summed E-state index contributed by atoms with van der Waals surface area (Å²) in [6.07, 6.45) is -3.34. The molecule has 0 radical (unpaired) electrons. The van der Waals surface area contributed by atoms with E-state index in [1.807, 2.05) is 0 Å². The first-order chi connectivity index (χ1) is 16.7. The molecule has 3 rings (SSSR count). The number of halogens is 3. The maximum atomic E-state index is 13.2. The summed E-state index contributed by atoms with van der Waals surface area (Å²) in [5, 5.41) is 7.09. The molecule has 2 amide bonds. The van der Waals surface area contributed by atoms with Crippen LogP contribution in [0.5, 0.6) is 0 Å². The van der Waals surface area contributed by atoms with Gasteiger partial charge in [-0.2, -0.15) is 23.3 Å². The van der Waals surface area contributed by atoms with Crippen LogP contribution in [-0.4, -0.2) is 37.1 Å². The fraction of sp³-hybridized carbons (Fsp3) is 0.120. The highest BCUT2D eigenvalue weighted by atomic mass is 19.4. The number of nitrogens with zero attached hydrogens (tertiary/aromatic N) is 2. The Morgan fingerprint density at radius 1 is 0.914 bits per heavy atom. The molecule has 0 fully saturated rings. The van der Waals surface area contributed by atoms with Crippen LogP contribution in [0.4, 0.5) is 18.9 Å². The van der Waals surface area contributed by atoms with E-state index < -0.39 is 42.7 Å². The zero-order valence-corrected chi connectivity index (χ0v) is 18.2. The SMILES string of the molecule is O=C(CNC(=O)c1ccccc1)OCC(=O)N(/N=C/c1ccccc1)c1cccc(C(F)(F)F)c1. The van der Waals surface area contributed by atoms with Crippen LogP contribution in [0.3, 0.4) is 0 Å². The molecule has 180 valence electrons. The van der Waals surface area contributed by atoms with E-state index in [0.717, 1.165) is 23.2 Å². The minimum atomic E-state index is -4.63. The van der Waals surface area contributed by atoms with Crippen LogP contribution in [0, 0.1) is 0 Å². The van der Waals surface area contributed by atoms with Gasteiger partial charge in [0, 0.05) is 5.56 Å². The zero-order valence-electron chi connectivity index (χ0n) is 18.2. The summed E-state index contributed by atoms with van der Waals surface area (Å²) in [7, 11) is 0. The van der Waals surface area contributed by atoms with Gasteiger partial charge in [0.1, 0.15) is 6.54 Å². The fourth-order valence-corrected chi connectivity index (χ4v) is 2.85. The van der Waals surface area contributed by atoms with Crippen molar-refractivity contribution >= 4 is 29.7 Å². The lowest BCUT2D eigenvalue weighted by atomic mass is 10.2. The summed E-state index contributed by atoms with van der Waals surface area (Å²) >= 11 is 0. The van der Waals surface area contributed by atoms with Crippen LogP contribution < -0.4 is 10.3 Å². The van der Waals surface area contributed by atoms with Crippen molar-refractivity contribution in [2.45, 2.75) is 6.18 Å². The molecule has 0 aliphatic carbocycles. The van der Waals surface area contributed by atoms with Crippen molar-refractivity contribution in [3.05, 3.63) is 102 Å². The lowest BCUT2D eigenvalue weighted by Crippen LogP contribution is -2.34. The first-order valence-corrected chi connectivity index (χ1v) is 10.3. The average Bonchev–Trinajstić information content (AvgIpc) is 2.87. The highest BCUT2D eigenvalue weighted by Gasteiger charge is 2.31. The second-order valence-electron chi connectivity index (χ2n) is 7.12. The Labute approximate surface area is 198 Å². The van der Waals surface area contributed by atoms with E-state index in [1.165, 1.54) is 12.3 Å². The summed E-state index contributed by atoms with van der Waals surface area (Å²) in [5.74, 6) is -2.30.